The topological polar surface area (TPSA) is 90.0 Å². The zero-order valence-corrected chi connectivity index (χ0v) is 22.9. The van der Waals surface area contributed by atoms with E-state index in [4.69, 9.17) is 0 Å². The minimum absolute atomic E-state index is 0. The Hall–Kier alpha value is -2.12. The van der Waals surface area contributed by atoms with E-state index in [1.54, 1.807) is 6.07 Å². The summed E-state index contributed by atoms with van der Waals surface area (Å²) in [5.74, 6) is -0.282. The molecule has 1 saturated carbocycles. The number of carbonyl (C=O) groups is 3. The molecule has 0 spiro atoms. The van der Waals surface area contributed by atoms with Gasteiger partial charge in [-0.3, -0.25) is 19.7 Å². The molecule has 0 radical (unpaired) electrons. The number of rotatable bonds is 9. The van der Waals surface area contributed by atoms with Crippen LogP contribution in [-0.4, -0.2) is 64.8 Å². The third-order valence-electron chi connectivity index (χ3n) is 8.13. The fourth-order valence-electron chi connectivity index (χ4n) is 5.69. The predicted octanol–water partition coefficient (Wildman–Crippen LogP) is 4.41. The van der Waals surface area contributed by atoms with Crippen LogP contribution < -0.4 is 5.32 Å². The Morgan fingerprint density at radius 3 is 2.53 bits per heavy atom. The molecule has 2 fully saturated rings. The maximum absolute atomic E-state index is 13.2. The Kier molecular flexibility index (Phi) is 11.7. The SMILES string of the molecule is CCCC(=O)NC(=O)CC(=O)N(CCN1CC[C@](C)(c2cccc(O)c2)[C@@H](C)C1)C1CCCCC1.Cl. The quantitative estimate of drug-likeness (QED) is 0.470. The standard InChI is InChI=1S/C28H43N3O4.ClH/c1-4-9-25(33)29-26(34)19-27(35)31(23-11-6-5-7-12-23)17-16-30-15-14-28(3,21(2)20-30)22-10-8-13-24(32)18-22;/h8,10,13,18,21,23,32H,4-7,9,11-12,14-17,19-20H2,1-3H3,(H,29,33,34);1H/t21-,28-;/m0./s1. The maximum Gasteiger partial charge on any atom is 0.235 e. The molecule has 7 nitrogen and oxygen atoms in total. The molecule has 3 amide bonds. The molecule has 1 aliphatic carbocycles. The number of benzene rings is 1. The minimum atomic E-state index is -0.497. The number of nitrogens with zero attached hydrogens (tertiary/aromatic N) is 2. The van der Waals surface area contributed by atoms with Gasteiger partial charge in [-0.25, -0.2) is 0 Å². The van der Waals surface area contributed by atoms with Crippen molar-refractivity contribution < 1.29 is 19.5 Å². The molecule has 2 aliphatic rings. The summed E-state index contributed by atoms with van der Waals surface area (Å²) < 4.78 is 0. The van der Waals surface area contributed by atoms with Crippen molar-refractivity contribution in [3.8, 4) is 5.75 Å². The van der Waals surface area contributed by atoms with Crippen LogP contribution in [0, 0.1) is 5.92 Å². The van der Waals surface area contributed by atoms with Gasteiger partial charge in [0.05, 0.1) is 0 Å². The van der Waals surface area contributed by atoms with Crippen molar-refractivity contribution in [2.45, 2.75) is 90.0 Å². The van der Waals surface area contributed by atoms with Gasteiger partial charge in [0.15, 0.2) is 0 Å². The molecule has 0 aromatic heterocycles. The van der Waals surface area contributed by atoms with Crippen molar-refractivity contribution >= 4 is 30.1 Å². The number of hydrogen-bond acceptors (Lipinski definition) is 5. The smallest absolute Gasteiger partial charge is 0.235 e. The van der Waals surface area contributed by atoms with E-state index < -0.39 is 5.91 Å². The number of phenols is 1. The summed E-state index contributed by atoms with van der Waals surface area (Å²) >= 11 is 0. The molecule has 1 aliphatic heterocycles. The lowest BCUT2D eigenvalue weighted by atomic mass is 9.68. The molecule has 0 bridgehead atoms. The predicted molar refractivity (Wildman–Crippen MR) is 144 cm³/mol. The van der Waals surface area contributed by atoms with Crippen LogP contribution in [0.3, 0.4) is 0 Å². The summed E-state index contributed by atoms with van der Waals surface area (Å²) in [5.41, 5.74) is 1.17. The van der Waals surface area contributed by atoms with Gasteiger partial charge in [0, 0.05) is 32.1 Å². The number of amides is 3. The van der Waals surface area contributed by atoms with E-state index in [0.717, 1.165) is 51.7 Å². The lowest BCUT2D eigenvalue weighted by Gasteiger charge is -2.46. The van der Waals surface area contributed by atoms with Crippen LogP contribution in [0.1, 0.15) is 84.1 Å². The highest BCUT2D eigenvalue weighted by atomic mass is 35.5. The molecule has 1 saturated heterocycles. The molecule has 0 unspecified atom stereocenters. The molecular weight excluding hydrogens is 478 g/mol. The summed E-state index contributed by atoms with van der Waals surface area (Å²) in [6.07, 6.45) is 7.05. The number of halogens is 1. The Morgan fingerprint density at radius 2 is 1.89 bits per heavy atom. The summed E-state index contributed by atoms with van der Waals surface area (Å²) in [4.78, 5) is 41.6. The fraction of sp³-hybridized carbons (Fsp3) is 0.679. The molecule has 36 heavy (non-hydrogen) atoms. The zero-order valence-electron chi connectivity index (χ0n) is 22.1. The summed E-state index contributed by atoms with van der Waals surface area (Å²) in [6.45, 7) is 9.65. The number of piperidine rings is 1. The number of imide groups is 1. The summed E-state index contributed by atoms with van der Waals surface area (Å²) in [5, 5.41) is 12.3. The fourth-order valence-corrected chi connectivity index (χ4v) is 5.69. The lowest BCUT2D eigenvalue weighted by molar-refractivity contribution is -0.139. The number of nitrogens with one attached hydrogen (secondary N) is 1. The first-order valence-corrected chi connectivity index (χ1v) is 13.4. The number of carbonyl (C=O) groups excluding carboxylic acids is 3. The van der Waals surface area contributed by atoms with Crippen molar-refractivity contribution in [3.05, 3.63) is 29.8 Å². The van der Waals surface area contributed by atoms with Crippen LogP contribution in [-0.2, 0) is 19.8 Å². The first-order valence-electron chi connectivity index (χ1n) is 13.4. The Labute approximate surface area is 222 Å². The minimum Gasteiger partial charge on any atom is -0.508 e. The van der Waals surface area contributed by atoms with E-state index in [0.29, 0.717) is 31.1 Å². The second kappa shape index (κ2) is 14.0. The Bertz CT molecular complexity index is 889. The van der Waals surface area contributed by atoms with Crippen molar-refractivity contribution in [3.63, 3.8) is 0 Å². The molecule has 3 rings (SSSR count). The lowest BCUT2D eigenvalue weighted by Crippen LogP contribution is -2.51. The van der Waals surface area contributed by atoms with Crippen molar-refractivity contribution in [1.82, 2.24) is 15.1 Å². The molecular formula is C28H44ClN3O4. The van der Waals surface area contributed by atoms with Gasteiger partial charge in [-0.2, -0.15) is 0 Å². The molecule has 1 aromatic rings. The van der Waals surface area contributed by atoms with Crippen LogP contribution in [0.4, 0.5) is 0 Å². The third kappa shape index (κ3) is 7.94. The van der Waals surface area contributed by atoms with Gasteiger partial charge >= 0.3 is 0 Å². The number of aromatic hydroxyl groups is 1. The zero-order chi connectivity index (χ0) is 25.4. The average Bonchev–Trinajstić information content (AvgIpc) is 2.82. The highest BCUT2D eigenvalue weighted by Gasteiger charge is 2.38. The van der Waals surface area contributed by atoms with Gasteiger partial charge in [-0.15, -0.1) is 12.4 Å². The normalized spacial score (nSPS) is 22.9. The van der Waals surface area contributed by atoms with E-state index in [2.05, 4.69) is 30.1 Å². The van der Waals surface area contributed by atoms with Crippen molar-refractivity contribution in [2.75, 3.05) is 26.2 Å². The molecule has 202 valence electrons. The summed E-state index contributed by atoms with van der Waals surface area (Å²) in [7, 11) is 0. The molecule has 1 heterocycles. The molecule has 8 heteroatoms. The Balaban J connectivity index is 0.00000456. The van der Waals surface area contributed by atoms with Crippen LogP contribution in [0.15, 0.2) is 24.3 Å². The highest BCUT2D eigenvalue weighted by Crippen LogP contribution is 2.40. The first kappa shape index (κ1) is 30.1. The van der Waals surface area contributed by atoms with Crippen LogP contribution >= 0.6 is 12.4 Å². The van der Waals surface area contributed by atoms with Gasteiger partial charge in [0.1, 0.15) is 12.2 Å². The first-order chi connectivity index (χ1) is 16.7. The number of phenolic OH excluding ortho intramolecular Hbond substituents is 1. The maximum atomic E-state index is 13.2. The van der Waals surface area contributed by atoms with E-state index in [1.165, 1.54) is 12.0 Å². The van der Waals surface area contributed by atoms with Gasteiger partial charge in [0.25, 0.3) is 0 Å². The van der Waals surface area contributed by atoms with Crippen LogP contribution in [0.5, 0.6) is 5.75 Å². The second-order valence-electron chi connectivity index (χ2n) is 10.7. The summed E-state index contributed by atoms with van der Waals surface area (Å²) in [6, 6.07) is 7.78. The largest absolute Gasteiger partial charge is 0.508 e. The van der Waals surface area contributed by atoms with E-state index in [1.807, 2.05) is 24.0 Å². The Morgan fingerprint density at radius 1 is 1.17 bits per heavy atom. The highest BCUT2D eigenvalue weighted by molar-refractivity contribution is 6.04. The van der Waals surface area contributed by atoms with Crippen molar-refractivity contribution in [1.29, 1.82) is 0 Å². The van der Waals surface area contributed by atoms with Crippen LogP contribution in [0.25, 0.3) is 0 Å². The molecule has 2 atom stereocenters. The number of likely N-dealkylation sites (tertiary alicyclic amines) is 1. The average molecular weight is 522 g/mol. The van der Waals surface area contributed by atoms with Gasteiger partial charge in [-0.1, -0.05) is 52.2 Å². The second-order valence-corrected chi connectivity index (χ2v) is 10.7. The van der Waals surface area contributed by atoms with E-state index in [-0.39, 0.29) is 42.1 Å². The number of hydrogen-bond donors (Lipinski definition) is 2. The van der Waals surface area contributed by atoms with E-state index >= 15 is 0 Å². The van der Waals surface area contributed by atoms with Gasteiger partial charge in [-0.05, 0) is 61.3 Å². The van der Waals surface area contributed by atoms with E-state index in [9.17, 15) is 19.5 Å². The molecule has 2 N–H and O–H groups in total. The monoisotopic (exact) mass is 521 g/mol. The van der Waals surface area contributed by atoms with Gasteiger partial charge in [0.2, 0.25) is 17.7 Å². The van der Waals surface area contributed by atoms with Crippen LogP contribution in [0.2, 0.25) is 0 Å². The van der Waals surface area contributed by atoms with Gasteiger partial charge < -0.3 is 14.9 Å². The van der Waals surface area contributed by atoms with Crippen molar-refractivity contribution in [2.24, 2.45) is 5.92 Å². The molecule has 1 aromatic carbocycles. The third-order valence-corrected chi connectivity index (χ3v) is 8.13.